The summed E-state index contributed by atoms with van der Waals surface area (Å²) >= 11 is 3.15. The third-order valence-corrected chi connectivity index (χ3v) is 18.1. The topological polar surface area (TPSA) is 0 Å². The van der Waals surface area contributed by atoms with Gasteiger partial charge in [-0.15, -0.1) is 0 Å². The van der Waals surface area contributed by atoms with Gasteiger partial charge in [0.2, 0.25) is 0 Å². The van der Waals surface area contributed by atoms with E-state index in [9.17, 15) is 0 Å². The molecule has 0 radical (unpaired) electrons. The summed E-state index contributed by atoms with van der Waals surface area (Å²) in [5, 5.41) is 0. The van der Waals surface area contributed by atoms with E-state index in [1.54, 1.807) is 24.6 Å². The van der Waals surface area contributed by atoms with Crippen LogP contribution in [0.4, 0.5) is 0 Å². The summed E-state index contributed by atoms with van der Waals surface area (Å²) in [6.45, 7) is 9.40. The van der Waals surface area contributed by atoms with E-state index in [0.717, 1.165) is 0 Å². The van der Waals surface area contributed by atoms with Crippen LogP contribution in [0, 0.1) is 0 Å². The maximum absolute atomic E-state index is 3.15. The molecule has 166 valence electrons. The predicted octanol–water partition coefficient (Wildman–Crippen LogP) is 10.6. The second-order valence-corrected chi connectivity index (χ2v) is 22.9. The molecule has 27 heavy (non-hydrogen) atoms. The molecule has 0 spiro atoms. The van der Waals surface area contributed by atoms with Crippen LogP contribution < -0.4 is 0 Å². The zero-order valence-corrected chi connectivity index (χ0v) is 22.7. The van der Waals surface area contributed by atoms with Gasteiger partial charge in [0, 0.05) is 0 Å². The Balaban J connectivity index is 4.94. The van der Waals surface area contributed by atoms with E-state index in [1.165, 1.54) is 109 Å². The van der Waals surface area contributed by atoms with Gasteiger partial charge >= 0.3 is 188 Å². The van der Waals surface area contributed by atoms with E-state index in [-0.39, 0.29) is 0 Å². The average molecular weight is 513 g/mol. The molecule has 0 atom stereocenters. The minimum absolute atomic E-state index is 1.37. The molecule has 0 aromatic carbocycles. The van der Waals surface area contributed by atoms with E-state index in [4.69, 9.17) is 0 Å². The van der Waals surface area contributed by atoms with Gasteiger partial charge in [-0.1, -0.05) is 0 Å². The first-order valence-corrected chi connectivity index (χ1v) is 18.5. The van der Waals surface area contributed by atoms with Crippen molar-refractivity contribution in [2.75, 3.05) is 24.6 Å². The van der Waals surface area contributed by atoms with Gasteiger partial charge in [0.05, 0.1) is 0 Å². The Morgan fingerprint density at radius 2 is 0.593 bits per heavy atom. The molecule has 0 heterocycles. The van der Waals surface area contributed by atoms with Crippen molar-refractivity contribution in [3.63, 3.8) is 0 Å². The summed E-state index contributed by atoms with van der Waals surface area (Å²) in [6, 6.07) is 0. The number of hydrogen-bond acceptors (Lipinski definition) is 0. The molecule has 0 fully saturated rings. The molecular formula is C25H54IP. The molecule has 0 aliphatic carbocycles. The number of rotatable bonds is 21. The zero-order chi connectivity index (χ0) is 20.3. The normalized spacial score (nSPS) is 13.6. The van der Waals surface area contributed by atoms with Crippen LogP contribution >= 0.6 is 26.3 Å². The molecule has 0 rings (SSSR count). The van der Waals surface area contributed by atoms with Crippen LogP contribution in [0.15, 0.2) is 0 Å². The van der Waals surface area contributed by atoms with Gasteiger partial charge in [-0.25, -0.2) is 0 Å². The first-order valence-electron chi connectivity index (χ1n) is 12.8. The van der Waals surface area contributed by atoms with Crippen LogP contribution in [0.1, 0.15) is 137 Å². The van der Waals surface area contributed by atoms with Crippen molar-refractivity contribution in [1.82, 2.24) is 0 Å². The van der Waals surface area contributed by atoms with Gasteiger partial charge in [-0.05, 0) is 0 Å². The first-order chi connectivity index (χ1) is 13.0. The van der Waals surface area contributed by atoms with Crippen molar-refractivity contribution in [2.45, 2.75) is 137 Å². The Kier molecular flexibility index (Phi) is 18.7. The van der Waals surface area contributed by atoms with Gasteiger partial charge in [0.1, 0.15) is 0 Å². The van der Waals surface area contributed by atoms with Crippen LogP contribution in [0.5, 0.6) is 0 Å². The summed E-state index contributed by atoms with van der Waals surface area (Å²) in [7, 11) is 0. The molecule has 0 aromatic heterocycles. The molecule has 0 unspecified atom stereocenters. The van der Waals surface area contributed by atoms with Crippen molar-refractivity contribution in [3.8, 4) is 0 Å². The Morgan fingerprint density at radius 3 is 0.852 bits per heavy atom. The monoisotopic (exact) mass is 512 g/mol. The van der Waals surface area contributed by atoms with E-state index in [1.807, 2.05) is 0 Å². The van der Waals surface area contributed by atoms with Crippen LogP contribution in [0.3, 0.4) is 0 Å². The molecule has 0 saturated carbocycles. The summed E-state index contributed by atoms with van der Waals surface area (Å²) in [5.41, 5.74) is 0. The molecule has 0 aromatic rings. The average Bonchev–Trinajstić information content (AvgIpc) is 2.67. The van der Waals surface area contributed by atoms with Gasteiger partial charge in [-0.3, -0.25) is 0 Å². The van der Waals surface area contributed by atoms with E-state index in [0.29, 0.717) is 0 Å². The van der Waals surface area contributed by atoms with E-state index >= 15 is 0 Å². The zero-order valence-electron chi connectivity index (χ0n) is 19.7. The summed E-state index contributed by atoms with van der Waals surface area (Å²) in [6.07, 6.45) is 31.2. The Hall–Kier alpha value is 1.16. The fourth-order valence-corrected chi connectivity index (χ4v) is 14.1. The summed E-state index contributed by atoms with van der Waals surface area (Å²) in [4.78, 5) is 0. The van der Waals surface area contributed by atoms with Crippen molar-refractivity contribution in [1.29, 1.82) is 0 Å². The molecule has 0 N–H and O–H groups in total. The minimum atomic E-state index is -1.53. The third kappa shape index (κ3) is 14.7. The van der Waals surface area contributed by atoms with Crippen molar-refractivity contribution in [2.24, 2.45) is 0 Å². The van der Waals surface area contributed by atoms with Crippen molar-refractivity contribution in [3.05, 3.63) is 0 Å². The molecular weight excluding hydrogens is 458 g/mol. The third-order valence-electron chi connectivity index (χ3n) is 6.53. The second-order valence-electron chi connectivity index (χ2n) is 9.31. The van der Waals surface area contributed by atoms with Crippen LogP contribution in [0.2, 0.25) is 0 Å². The molecule has 0 aliphatic heterocycles. The molecule has 2 heteroatoms. The molecule has 0 bridgehead atoms. The van der Waals surface area contributed by atoms with E-state index < -0.39 is 4.25 Å². The van der Waals surface area contributed by atoms with Crippen molar-refractivity contribution >= 4 is 26.3 Å². The number of halogens is 1. The fourth-order valence-electron chi connectivity index (χ4n) is 4.58. The summed E-state index contributed by atoms with van der Waals surface area (Å²) < 4.78 is -1.53. The van der Waals surface area contributed by atoms with Crippen LogP contribution in [0.25, 0.3) is 0 Å². The SMILES string of the molecule is CCCCCCCP(I)(CCCCCC)(CCCCCC)CCCCCC. The maximum atomic E-state index is 3.15. The van der Waals surface area contributed by atoms with Gasteiger partial charge in [-0.2, -0.15) is 0 Å². The fraction of sp³-hybridized carbons (Fsp3) is 1.00. The Labute approximate surface area is 187 Å². The van der Waals surface area contributed by atoms with E-state index in [2.05, 4.69) is 49.7 Å². The predicted molar refractivity (Wildman–Crippen MR) is 142 cm³/mol. The molecule has 0 nitrogen and oxygen atoms in total. The Morgan fingerprint density at radius 1 is 0.370 bits per heavy atom. The van der Waals surface area contributed by atoms with Crippen LogP contribution in [-0.2, 0) is 0 Å². The Bertz CT molecular complexity index is 281. The number of hydrogen-bond donors (Lipinski definition) is 0. The van der Waals surface area contributed by atoms with Gasteiger partial charge < -0.3 is 0 Å². The second kappa shape index (κ2) is 18.0. The first kappa shape index (κ1) is 28.2. The molecule has 0 amide bonds. The molecule has 0 saturated heterocycles. The quantitative estimate of drug-likeness (QED) is 0.0815. The van der Waals surface area contributed by atoms with Gasteiger partial charge in [0.15, 0.2) is 0 Å². The van der Waals surface area contributed by atoms with Gasteiger partial charge in [0.25, 0.3) is 0 Å². The standard InChI is InChI=1S/C25H54IP/c1-5-9-13-17-21-25-27(26,22-18-14-10-6-2,23-19-15-11-7-3)24-20-16-12-8-4/h5-25H2,1-4H3. The van der Waals surface area contributed by atoms with Crippen molar-refractivity contribution < 1.29 is 0 Å². The number of unbranched alkanes of at least 4 members (excludes halogenated alkanes) is 13. The molecule has 0 aliphatic rings. The summed E-state index contributed by atoms with van der Waals surface area (Å²) in [5.74, 6) is 0. The van der Waals surface area contributed by atoms with Crippen LogP contribution in [-0.4, -0.2) is 24.6 Å².